The second-order valence-corrected chi connectivity index (χ2v) is 4.71. The molecule has 17 heavy (non-hydrogen) atoms. The number of hydrogen-bond donors (Lipinski definition) is 1. The van der Waals surface area contributed by atoms with Crippen molar-refractivity contribution in [3.63, 3.8) is 0 Å². The van der Waals surface area contributed by atoms with Gasteiger partial charge < -0.3 is 15.4 Å². The molecule has 1 aliphatic carbocycles. The molecule has 2 N–H and O–H groups in total. The average Bonchev–Trinajstić information content (AvgIpc) is 2.74. The van der Waals surface area contributed by atoms with Crippen molar-refractivity contribution < 1.29 is 9.13 Å². The molecule has 1 atom stereocenters. The van der Waals surface area contributed by atoms with Crippen LogP contribution in [0.2, 0.25) is 0 Å². The third-order valence-electron chi connectivity index (χ3n) is 3.72. The lowest BCUT2D eigenvalue weighted by Gasteiger charge is -2.29. The first kappa shape index (κ1) is 11.0. The lowest BCUT2D eigenvalue weighted by Crippen LogP contribution is -2.36. The van der Waals surface area contributed by atoms with Crippen LogP contribution in [0.4, 0.5) is 10.1 Å². The molecule has 92 valence electrons. The van der Waals surface area contributed by atoms with Crippen molar-refractivity contribution in [1.29, 1.82) is 0 Å². The number of anilines is 1. The third kappa shape index (κ3) is 1.81. The van der Waals surface area contributed by atoms with Crippen molar-refractivity contribution in [3.05, 3.63) is 29.1 Å². The second kappa shape index (κ2) is 4.27. The molecule has 1 heterocycles. The molecule has 1 saturated heterocycles. The number of ether oxygens (including phenoxy) is 1. The van der Waals surface area contributed by atoms with Crippen LogP contribution in [0.25, 0.3) is 0 Å². The van der Waals surface area contributed by atoms with Gasteiger partial charge in [-0.25, -0.2) is 4.39 Å². The van der Waals surface area contributed by atoms with Crippen LogP contribution in [-0.4, -0.2) is 26.3 Å². The molecule has 1 aromatic rings. The molecular weight excluding hydrogens is 219 g/mol. The van der Waals surface area contributed by atoms with Crippen molar-refractivity contribution in [3.8, 4) is 0 Å². The van der Waals surface area contributed by atoms with Crippen LogP contribution in [0.15, 0.2) is 12.1 Å². The Morgan fingerprint density at radius 3 is 2.82 bits per heavy atom. The molecule has 1 aliphatic heterocycles. The minimum atomic E-state index is -0.0719. The van der Waals surface area contributed by atoms with E-state index in [1.54, 1.807) is 0 Å². The van der Waals surface area contributed by atoms with Crippen molar-refractivity contribution in [1.82, 2.24) is 0 Å². The first-order valence-corrected chi connectivity index (χ1v) is 6.17. The molecule has 1 fully saturated rings. The molecule has 4 heteroatoms. The molecule has 0 saturated carbocycles. The zero-order chi connectivity index (χ0) is 11.8. The van der Waals surface area contributed by atoms with E-state index >= 15 is 0 Å². The fourth-order valence-electron chi connectivity index (χ4n) is 2.73. The summed E-state index contributed by atoms with van der Waals surface area (Å²) in [5, 5.41) is 0. The van der Waals surface area contributed by atoms with Gasteiger partial charge in [0, 0.05) is 19.1 Å². The summed E-state index contributed by atoms with van der Waals surface area (Å²) >= 11 is 0. The predicted octanol–water partition coefficient (Wildman–Crippen LogP) is 1.61. The highest BCUT2D eigenvalue weighted by atomic mass is 19.1. The van der Waals surface area contributed by atoms with Crippen LogP contribution in [-0.2, 0) is 11.2 Å². The summed E-state index contributed by atoms with van der Waals surface area (Å²) in [6, 6.07) is 3.86. The van der Waals surface area contributed by atoms with E-state index < -0.39 is 0 Å². The van der Waals surface area contributed by atoms with Gasteiger partial charge in [0.15, 0.2) is 0 Å². The summed E-state index contributed by atoms with van der Waals surface area (Å²) in [6.45, 7) is 2.88. The Labute approximate surface area is 100 Å². The maximum Gasteiger partial charge on any atom is 0.150 e. The Hall–Kier alpha value is -1.13. The van der Waals surface area contributed by atoms with Crippen molar-refractivity contribution in [2.45, 2.75) is 18.9 Å². The molecule has 0 bridgehead atoms. The second-order valence-electron chi connectivity index (χ2n) is 4.71. The zero-order valence-electron chi connectivity index (χ0n) is 9.79. The van der Waals surface area contributed by atoms with Crippen molar-refractivity contribution >= 4 is 5.69 Å². The van der Waals surface area contributed by atoms with E-state index in [1.807, 2.05) is 12.1 Å². The number of rotatable bonds is 1. The Morgan fingerprint density at radius 2 is 2.06 bits per heavy atom. The van der Waals surface area contributed by atoms with Gasteiger partial charge >= 0.3 is 0 Å². The molecule has 0 aromatic heterocycles. The standard InChI is InChI=1S/C13H17FN2O/c14-13-10-1-3-11(15)9(10)2-4-12(13)16-5-7-17-8-6-16/h2,4,11H,1,3,5-8,15H2/t11-/m0/s1. The highest BCUT2D eigenvalue weighted by Gasteiger charge is 2.26. The van der Waals surface area contributed by atoms with Gasteiger partial charge in [-0.1, -0.05) is 6.07 Å². The maximum absolute atomic E-state index is 14.4. The number of nitrogens with two attached hydrogens (primary N) is 1. The molecule has 0 unspecified atom stereocenters. The first-order valence-electron chi connectivity index (χ1n) is 6.17. The van der Waals surface area contributed by atoms with E-state index in [4.69, 9.17) is 10.5 Å². The van der Waals surface area contributed by atoms with E-state index in [1.165, 1.54) is 0 Å². The fourth-order valence-corrected chi connectivity index (χ4v) is 2.73. The topological polar surface area (TPSA) is 38.5 Å². The molecule has 0 radical (unpaired) electrons. The van der Waals surface area contributed by atoms with Crippen molar-refractivity contribution in [2.24, 2.45) is 5.73 Å². The Bertz CT molecular complexity index is 430. The Kier molecular flexibility index (Phi) is 2.76. The average molecular weight is 236 g/mol. The highest BCUT2D eigenvalue weighted by molar-refractivity contribution is 5.55. The molecule has 3 rings (SSSR count). The molecule has 3 nitrogen and oxygen atoms in total. The summed E-state index contributed by atoms with van der Waals surface area (Å²) in [5.41, 5.74) is 8.46. The minimum absolute atomic E-state index is 0.0123. The summed E-state index contributed by atoms with van der Waals surface area (Å²) in [6.07, 6.45) is 1.62. The summed E-state index contributed by atoms with van der Waals surface area (Å²) < 4.78 is 19.7. The summed E-state index contributed by atoms with van der Waals surface area (Å²) in [7, 11) is 0. The minimum Gasteiger partial charge on any atom is -0.378 e. The molecular formula is C13H17FN2O. The first-order chi connectivity index (χ1) is 8.27. The number of fused-ring (bicyclic) bond motifs is 1. The highest BCUT2D eigenvalue weighted by Crippen LogP contribution is 2.35. The molecule has 1 aromatic carbocycles. The van der Waals surface area contributed by atoms with Crippen LogP contribution < -0.4 is 10.6 Å². The molecule has 2 aliphatic rings. The number of hydrogen-bond acceptors (Lipinski definition) is 3. The largest absolute Gasteiger partial charge is 0.378 e. The number of morpholine rings is 1. The summed E-state index contributed by atoms with van der Waals surface area (Å²) in [5.74, 6) is -0.0719. The van der Waals surface area contributed by atoms with E-state index in [2.05, 4.69) is 4.90 Å². The van der Waals surface area contributed by atoms with Crippen LogP contribution in [0.1, 0.15) is 23.6 Å². The zero-order valence-corrected chi connectivity index (χ0v) is 9.79. The van der Waals surface area contributed by atoms with E-state index in [0.29, 0.717) is 18.9 Å². The number of halogens is 1. The van der Waals surface area contributed by atoms with E-state index in [0.717, 1.165) is 37.1 Å². The Balaban J connectivity index is 1.96. The molecule has 0 spiro atoms. The molecule has 0 amide bonds. The van der Waals surface area contributed by atoms with Gasteiger partial charge in [-0.05, 0) is 30.0 Å². The number of nitrogens with zero attached hydrogens (tertiary/aromatic N) is 1. The fraction of sp³-hybridized carbons (Fsp3) is 0.538. The normalized spacial score (nSPS) is 23.9. The van der Waals surface area contributed by atoms with Gasteiger partial charge in [-0.3, -0.25) is 0 Å². The van der Waals surface area contributed by atoms with E-state index in [9.17, 15) is 4.39 Å². The van der Waals surface area contributed by atoms with Gasteiger partial charge in [-0.15, -0.1) is 0 Å². The van der Waals surface area contributed by atoms with Crippen LogP contribution in [0, 0.1) is 5.82 Å². The maximum atomic E-state index is 14.4. The monoisotopic (exact) mass is 236 g/mol. The van der Waals surface area contributed by atoms with Gasteiger partial charge in [0.1, 0.15) is 5.82 Å². The van der Waals surface area contributed by atoms with Gasteiger partial charge in [0.05, 0.1) is 18.9 Å². The predicted molar refractivity (Wildman–Crippen MR) is 64.7 cm³/mol. The third-order valence-corrected chi connectivity index (χ3v) is 3.72. The number of benzene rings is 1. The van der Waals surface area contributed by atoms with Crippen LogP contribution in [0.3, 0.4) is 0 Å². The summed E-state index contributed by atoms with van der Waals surface area (Å²) in [4.78, 5) is 2.06. The van der Waals surface area contributed by atoms with Crippen LogP contribution in [0.5, 0.6) is 0 Å². The Morgan fingerprint density at radius 1 is 1.29 bits per heavy atom. The lowest BCUT2D eigenvalue weighted by atomic mass is 10.1. The smallest absolute Gasteiger partial charge is 0.150 e. The van der Waals surface area contributed by atoms with Gasteiger partial charge in [0.25, 0.3) is 0 Å². The quantitative estimate of drug-likeness (QED) is 0.805. The SMILES string of the molecule is N[C@H]1CCc2c1ccc(N1CCOCC1)c2F. The van der Waals surface area contributed by atoms with Crippen LogP contribution >= 0.6 is 0 Å². The van der Waals surface area contributed by atoms with Gasteiger partial charge in [-0.2, -0.15) is 0 Å². The lowest BCUT2D eigenvalue weighted by molar-refractivity contribution is 0.122. The van der Waals surface area contributed by atoms with Crippen molar-refractivity contribution in [2.75, 3.05) is 31.2 Å². The van der Waals surface area contributed by atoms with Gasteiger partial charge in [0.2, 0.25) is 0 Å². The van der Waals surface area contributed by atoms with E-state index in [-0.39, 0.29) is 11.9 Å².